The number of amides is 2. The maximum absolute atomic E-state index is 12.8. The summed E-state index contributed by atoms with van der Waals surface area (Å²) in [6.07, 6.45) is 1.45. The van der Waals surface area contributed by atoms with Crippen molar-refractivity contribution in [3.05, 3.63) is 59.1 Å². The normalized spacial score (nSPS) is 9.91. The molecule has 1 aromatic heterocycles. The third-order valence-electron chi connectivity index (χ3n) is 2.47. The van der Waals surface area contributed by atoms with Crippen LogP contribution in [0.2, 0.25) is 5.02 Å². The molecule has 1 heterocycles. The number of pyridine rings is 1. The van der Waals surface area contributed by atoms with Gasteiger partial charge >= 0.3 is 0 Å². The third kappa shape index (κ3) is 4.42. The molecule has 2 amide bonds. The molecule has 8 heteroatoms. The molecule has 0 saturated heterocycles. The number of hydrazine groups is 1. The number of hydrogen-bond acceptors (Lipinski definition) is 4. The van der Waals surface area contributed by atoms with E-state index in [1.165, 1.54) is 18.3 Å². The minimum atomic E-state index is -0.607. The Labute approximate surface area is 130 Å². The van der Waals surface area contributed by atoms with Crippen molar-refractivity contribution in [2.45, 2.75) is 0 Å². The molecule has 0 radical (unpaired) electrons. The van der Waals surface area contributed by atoms with Gasteiger partial charge in [-0.1, -0.05) is 17.7 Å². The topological polar surface area (TPSA) is 80.3 Å². The van der Waals surface area contributed by atoms with Crippen LogP contribution in [0.3, 0.4) is 0 Å². The predicted octanol–water partition coefficient (Wildman–Crippen LogP) is 1.71. The Bertz CT molecular complexity index is 682. The summed E-state index contributed by atoms with van der Waals surface area (Å²) in [5, 5.41) is 0.0466. The van der Waals surface area contributed by atoms with E-state index < -0.39 is 24.2 Å². The smallest absolute Gasteiger partial charge is 0.288 e. The molecule has 0 saturated carbocycles. The third-order valence-corrected chi connectivity index (χ3v) is 2.76. The lowest BCUT2D eigenvalue weighted by atomic mass is 10.3. The summed E-state index contributed by atoms with van der Waals surface area (Å²) in [7, 11) is 0. The summed E-state index contributed by atoms with van der Waals surface area (Å²) in [6, 6.07) is 8.33. The van der Waals surface area contributed by atoms with Gasteiger partial charge in [0.05, 0.1) is 5.02 Å². The molecule has 0 unspecified atom stereocenters. The van der Waals surface area contributed by atoms with Crippen LogP contribution in [0.5, 0.6) is 5.75 Å². The average Bonchev–Trinajstić information content (AvgIpc) is 2.52. The van der Waals surface area contributed by atoms with Crippen LogP contribution in [0.1, 0.15) is 10.5 Å². The highest BCUT2D eigenvalue weighted by Crippen LogP contribution is 2.24. The van der Waals surface area contributed by atoms with Crippen LogP contribution >= 0.6 is 11.6 Å². The molecule has 1 aromatic carbocycles. The van der Waals surface area contributed by atoms with Crippen molar-refractivity contribution in [3.8, 4) is 5.75 Å². The van der Waals surface area contributed by atoms with Crippen LogP contribution in [-0.2, 0) is 4.79 Å². The Morgan fingerprint density at radius 2 is 2.05 bits per heavy atom. The average molecular weight is 324 g/mol. The number of carbonyl (C=O) groups is 2. The molecule has 22 heavy (non-hydrogen) atoms. The van der Waals surface area contributed by atoms with Crippen molar-refractivity contribution < 1.29 is 18.7 Å². The minimum absolute atomic E-state index is 0.0466. The van der Waals surface area contributed by atoms with Crippen LogP contribution in [0, 0.1) is 5.82 Å². The van der Waals surface area contributed by atoms with E-state index >= 15 is 0 Å². The fraction of sp³-hybridized carbons (Fsp3) is 0.0714. The first-order valence-electron chi connectivity index (χ1n) is 6.14. The first-order chi connectivity index (χ1) is 10.6. The van der Waals surface area contributed by atoms with Crippen molar-refractivity contribution in [1.29, 1.82) is 0 Å². The van der Waals surface area contributed by atoms with Gasteiger partial charge in [0.2, 0.25) is 0 Å². The zero-order valence-corrected chi connectivity index (χ0v) is 11.9. The summed E-state index contributed by atoms with van der Waals surface area (Å²) in [5.74, 6) is -1.52. The summed E-state index contributed by atoms with van der Waals surface area (Å²) < 4.78 is 18.0. The van der Waals surface area contributed by atoms with Crippen molar-refractivity contribution >= 4 is 23.4 Å². The molecule has 0 aliphatic heterocycles. The predicted molar refractivity (Wildman–Crippen MR) is 76.8 cm³/mol. The molecule has 2 aromatic rings. The van der Waals surface area contributed by atoms with Gasteiger partial charge in [-0.3, -0.25) is 25.4 Å². The van der Waals surface area contributed by atoms with E-state index in [0.29, 0.717) is 0 Å². The maximum Gasteiger partial charge on any atom is 0.288 e. The van der Waals surface area contributed by atoms with Gasteiger partial charge in [-0.2, -0.15) is 0 Å². The van der Waals surface area contributed by atoms with E-state index in [1.807, 2.05) is 0 Å². The lowest BCUT2D eigenvalue weighted by Crippen LogP contribution is -2.44. The van der Waals surface area contributed by atoms with Crippen LogP contribution < -0.4 is 15.6 Å². The van der Waals surface area contributed by atoms with Crippen LogP contribution in [-0.4, -0.2) is 23.4 Å². The number of rotatable bonds is 4. The molecule has 0 bridgehead atoms. The summed E-state index contributed by atoms with van der Waals surface area (Å²) in [5.41, 5.74) is 4.50. The number of hydrogen-bond donors (Lipinski definition) is 2. The van der Waals surface area contributed by atoms with E-state index in [1.54, 1.807) is 12.1 Å². The van der Waals surface area contributed by atoms with E-state index in [9.17, 15) is 14.0 Å². The van der Waals surface area contributed by atoms with E-state index in [4.69, 9.17) is 16.3 Å². The molecule has 0 aliphatic rings. The highest BCUT2D eigenvalue weighted by Gasteiger charge is 2.09. The number of nitrogens with zero attached hydrogens (tertiary/aromatic N) is 1. The fourth-order valence-electron chi connectivity index (χ4n) is 1.46. The zero-order chi connectivity index (χ0) is 15.9. The number of benzene rings is 1. The molecular formula is C14H11ClFN3O3. The Kier molecular flexibility index (Phi) is 5.26. The standard InChI is InChI=1S/C14H11ClFN3O3/c15-10-7-9(16)4-5-12(10)22-8-13(20)18-19-14(21)11-3-1-2-6-17-11/h1-7H,8H2,(H,18,20)(H,19,21). The van der Waals surface area contributed by atoms with Crippen LogP contribution in [0.25, 0.3) is 0 Å². The fourth-order valence-corrected chi connectivity index (χ4v) is 1.68. The maximum atomic E-state index is 12.8. The molecule has 0 atom stereocenters. The second kappa shape index (κ2) is 7.37. The van der Waals surface area contributed by atoms with Gasteiger partial charge in [0.25, 0.3) is 11.8 Å². The molecule has 0 fully saturated rings. The molecule has 2 N–H and O–H groups in total. The van der Waals surface area contributed by atoms with E-state index in [2.05, 4.69) is 15.8 Å². The summed E-state index contributed by atoms with van der Waals surface area (Å²) in [6.45, 7) is -0.395. The Hall–Kier alpha value is -2.67. The SMILES string of the molecule is O=C(COc1ccc(F)cc1Cl)NNC(=O)c1ccccn1. The first-order valence-corrected chi connectivity index (χ1v) is 6.52. The van der Waals surface area contributed by atoms with Gasteiger partial charge in [-0.05, 0) is 30.3 Å². The Balaban J connectivity index is 1.80. The largest absolute Gasteiger partial charge is 0.482 e. The minimum Gasteiger partial charge on any atom is -0.482 e. The number of aromatic nitrogens is 1. The molecule has 6 nitrogen and oxygen atoms in total. The number of ether oxygens (including phenoxy) is 1. The molecule has 2 rings (SSSR count). The highest BCUT2D eigenvalue weighted by atomic mass is 35.5. The first kappa shape index (κ1) is 15.7. The van der Waals surface area contributed by atoms with Gasteiger partial charge < -0.3 is 4.74 Å². The van der Waals surface area contributed by atoms with Crippen molar-refractivity contribution in [2.75, 3.05) is 6.61 Å². The zero-order valence-electron chi connectivity index (χ0n) is 11.2. The molecule has 114 valence electrons. The van der Waals surface area contributed by atoms with Gasteiger partial charge in [0.15, 0.2) is 6.61 Å². The summed E-state index contributed by atoms with van der Waals surface area (Å²) in [4.78, 5) is 27.0. The molecule has 0 aliphatic carbocycles. The van der Waals surface area contributed by atoms with Gasteiger partial charge in [-0.25, -0.2) is 4.39 Å². The van der Waals surface area contributed by atoms with Gasteiger partial charge in [-0.15, -0.1) is 0 Å². The summed E-state index contributed by atoms with van der Waals surface area (Å²) >= 11 is 5.75. The lowest BCUT2D eigenvalue weighted by Gasteiger charge is -2.09. The van der Waals surface area contributed by atoms with Gasteiger partial charge in [0, 0.05) is 6.20 Å². The lowest BCUT2D eigenvalue weighted by molar-refractivity contribution is -0.123. The number of halogens is 2. The van der Waals surface area contributed by atoms with E-state index in [-0.39, 0.29) is 16.5 Å². The number of carbonyl (C=O) groups excluding carboxylic acids is 2. The monoisotopic (exact) mass is 323 g/mol. The van der Waals surface area contributed by atoms with Crippen molar-refractivity contribution in [1.82, 2.24) is 15.8 Å². The molecular weight excluding hydrogens is 313 g/mol. The van der Waals surface area contributed by atoms with Crippen LogP contribution in [0.4, 0.5) is 4.39 Å². The van der Waals surface area contributed by atoms with Gasteiger partial charge in [0.1, 0.15) is 17.3 Å². The molecule has 0 spiro atoms. The van der Waals surface area contributed by atoms with Crippen LogP contribution in [0.15, 0.2) is 42.6 Å². The van der Waals surface area contributed by atoms with Crippen molar-refractivity contribution in [2.24, 2.45) is 0 Å². The number of nitrogens with one attached hydrogen (secondary N) is 2. The quantitative estimate of drug-likeness (QED) is 0.839. The Morgan fingerprint density at radius 3 is 2.73 bits per heavy atom. The second-order valence-corrected chi connectivity index (χ2v) is 4.49. The highest BCUT2D eigenvalue weighted by molar-refractivity contribution is 6.32. The van der Waals surface area contributed by atoms with Crippen molar-refractivity contribution in [3.63, 3.8) is 0 Å². The van der Waals surface area contributed by atoms with E-state index in [0.717, 1.165) is 12.1 Å². The Morgan fingerprint density at radius 1 is 1.23 bits per heavy atom. The second-order valence-electron chi connectivity index (χ2n) is 4.08.